The van der Waals surface area contributed by atoms with Crippen LogP contribution in [0.3, 0.4) is 0 Å². The van der Waals surface area contributed by atoms with E-state index in [-0.39, 0.29) is 9.80 Å². The minimum absolute atomic E-state index is 0.0905. The molecule has 2 rings (SSSR count). The molecule has 0 unspecified atom stereocenters. The first-order chi connectivity index (χ1) is 10.1. The first kappa shape index (κ1) is 14.8. The van der Waals surface area contributed by atoms with E-state index in [9.17, 15) is 13.7 Å². The van der Waals surface area contributed by atoms with Gasteiger partial charge in [-0.05, 0) is 24.3 Å². The molecule has 0 amide bonds. The van der Waals surface area contributed by atoms with Crippen LogP contribution in [0.2, 0.25) is 0 Å². The van der Waals surface area contributed by atoms with Crippen LogP contribution in [-0.2, 0) is 9.84 Å². The highest BCUT2D eigenvalue weighted by atomic mass is 32.2. The maximum absolute atomic E-state index is 12.4. The SMILES string of the molecule is COc1ccccc1C=C(C#N)S(=O)(=O)c1ccccc1. The molecule has 0 aromatic heterocycles. The minimum Gasteiger partial charge on any atom is -0.496 e. The van der Waals surface area contributed by atoms with Gasteiger partial charge >= 0.3 is 0 Å². The maximum Gasteiger partial charge on any atom is 0.216 e. The number of hydrogen-bond donors (Lipinski definition) is 0. The number of allylic oxidation sites excluding steroid dienone is 1. The Kier molecular flexibility index (Phi) is 4.41. The molecule has 0 aliphatic carbocycles. The third-order valence-corrected chi connectivity index (χ3v) is 4.56. The zero-order valence-electron chi connectivity index (χ0n) is 11.4. The fourth-order valence-electron chi connectivity index (χ4n) is 1.82. The summed E-state index contributed by atoms with van der Waals surface area (Å²) in [6.45, 7) is 0. The van der Waals surface area contributed by atoms with Gasteiger partial charge in [-0.15, -0.1) is 0 Å². The van der Waals surface area contributed by atoms with Crippen molar-refractivity contribution in [1.82, 2.24) is 0 Å². The fourth-order valence-corrected chi connectivity index (χ4v) is 3.00. The van der Waals surface area contributed by atoms with Crippen molar-refractivity contribution in [2.75, 3.05) is 7.11 Å². The largest absolute Gasteiger partial charge is 0.496 e. The van der Waals surface area contributed by atoms with Crippen LogP contribution in [0.25, 0.3) is 6.08 Å². The molecule has 2 aromatic carbocycles. The lowest BCUT2D eigenvalue weighted by Crippen LogP contribution is -2.03. The van der Waals surface area contributed by atoms with E-state index >= 15 is 0 Å². The van der Waals surface area contributed by atoms with Gasteiger partial charge in [0.2, 0.25) is 9.84 Å². The summed E-state index contributed by atoms with van der Waals surface area (Å²) >= 11 is 0. The van der Waals surface area contributed by atoms with Gasteiger partial charge in [-0.2, -0.15) is 5.26 Å². The molecule has 21 heavy (non-hydrogen) atoms. The van der Waals surface area contributed by atoms with Crippen LogP contribution < -0.4 is 4.74 Å². The highest BCUT2D eigenvalue weighted by molar-refractivity contribution is 7.95. The Morgan fingerprint density at radius 1 is 1.10 bits per heavy atom. The van der Waals surface area contributed by atoms with Gasteiger partial charge in [-0.3, -0.25) is 0 Å². The Balaban J connectivity index is 2.55. The van der Waals surface area contributed by atoms with Crippen LogP contribution in [0.4, 0.5) is 0 Å². The van der Waals surface area contributed by atoms with Crippen molar-refractivity contribution in [3.63, 3.8) is 0 Å². The van der Waals surface area contributed by atoms with Crippen molar-refractivity contribution < 1.29 is 13.2 Å². The summed E-state index contributed by atoms with van der Waals surface area (Å²) in [5, 5.41) is 9.21. The Labute approximate surface area is 123 Å². The lowest BCUT2D eigenvalue weighted by Gasteiger charge is -2.06. The number of para-hydroxylation sites is 1. The quantitative estimate of drug-likeness (QED) is 0.814. The number of nitriles is 1. The smallest absolute Gasteiger partial charge is 0.216 e. The Bertz CT molecular complexity index is 803. The molecule has 5 heteroatoms. The molecular weight excluding hydrogens is 286 g/mol. The highest BCUT2D eigenvalue weighted by Crippen LogP contribution is 2.25. The van der Waals surface area contributed by atoms with Crippen LogP contribution >= 0.6 is 0 Å². The predicted molar refractivity (Wildman–Crippen MR) is 80.2 cm³/mol. The number of sulfone groups is 1. The van der Waals surface area contributed by atoms with Gasteiger partial charge in [-0.1, -0.05) is 36.4 Å². The molecule has 4 nitrogen and oxygen atoms in total. The average Bonchev–Trinajstić information content (AvgIpc) is 2.53. The van der Waals surface area contributed by atoms with E-state index in [2.05, 4.69) is 0 Å². The van der Waals surface area contributed by atoms with E-state index in [1.54, 1.807) is 48.5 Å². The number of nitrogens with zero attached hydrogens (tertiary/aromatic N) is 1. The van der Waals surface area contributed by atoms with Crippen molar-refractivity contribution in [1.29, 1.82) is 5.26 Å². The van der Waals surface area contributed by atoms with E-state index in [0.29, 0.717) is 11.3 Å². The molecule has 0 N–H and O–H groups in total. The fraction of sp³-hybridized carbons (Fsp3) is 0.0625. The van der Waals surface area contributed by atoms with Crippen molar-refractivity contribution in [2.45, 2.75) is 4.90 Å². The van der Waals surface area contributed by atoms with Gasteiger partial charge in [0.15, 0.2) is 0 Å². The van der Waals surface area contributed by atoms with Crippen molar-refractivity contribution >= 4 is 15.9 Å². The molecule has 0 saturated carbocycles. The van der Waals surface area contributed by atoms with E-state index < -0.39 is 9.84 Å². The molecule has 0 atom stereocenters. The van der Waals surface area contributed by atoms with E-state index in [1.807, 2.05) is 0 Å². The first-order valence-electron chi connectivity index (χ1n) is 6.14. The van der Waals surface area contributed by atoms with Crippen molar-refractivity contribution in [2.24, 2.45) is 0 Å². The number of methoxy groups -OCH3 is 1. The van der Waals surface area contributed by atoms with E-state index in [0.717, 1.165) is 0 Å². The molecule has 0 radical (unpaired) electrons. The summed E-state index contributed by atoms with van der Waals surface area (Å²) < 4.78 is 30.0. The summed E-state index contributed by atoms with van der Waals surface area (Å²) in [5.41, 5.74) is 0.538. The standard InChI is InChI=1S/C16H13NO3S/c1-20-16-10-6-5-7-13(16)11-15(12-17)21(18,19)14-8-3-2-4-9-14/h2-11H,1H3. The first-order valence-corrected chi connectivity index (χ1v) is 7.63. The molecule has 0 heterocycles. The third-order valence-electron chi connectivity index (χ3n) is 2.88. The summed E-state index contributed by atoms with van der Waals surface area (Å²) in [6, 6.07) is 16.5. The van der Waals surface area contributed by atoms with Crippen LogP contribution in [0.5, 0.6) is 5.75 Å². The highest BCUT2D eigenvalue weighted by Gasteiger charge is 2.20. The van der Waals surface area contributed by atoms with Gasteiger partial charge in [0.1, 0.15) is 16.7 Å². The van der Waals surface area contributed by atoms with Gasteiger partial charge in [0.25, 0.3) is 0 Å². The van der Waals surface area contributed by atoms with Crippen LogP contribution in [0.15, 0.2) is 64.4 Å². The summed E-state index contributed by atoms with van der Waals surface area (Å²) in [4.78, 5) is -0.231. The summed E-state index contributed by atoms with van der Waals surface area (Å²) in [5.74, 6) is 0.508. The normalized spacial score (nSPS) is 11.7. The second-order valence-corrected chi connectivity index (χ2v) is 6.10. The maximum atomic E-state index is 12.4. The summed E-state index contributed by atoms with van der Waals surface area (Å²) in [6.07, 6.45) is 1.32. The van der Waals surface area contributed by atoms with Crippen LogP contribution in [-0.4, -0.2) is 15.5 Å². The Morgan fingerprint density at radius 3 is 2.33 bits per heavy atom. The molecule has 0 bridgehead atoms. The van der Waals surface area contributed by atoms with Crippen LogP contribution in [0, 0.1) is 11.3 Å². The monoisotopic (exact) mass is 299 g/mol. The van der Waals surface area contributed by atoms with E-state index in [4.69, 9.17) is 4.74 Å². The summed E-state index contributed by atoms with van der Waals surface area (Å²) in [7, 11) is -2.34. The van der Waals surface area contributed by atoms with Gasteiger partial charge in [-0.25, -0.2) is 8.42 Å². The van der Waals surface area contributed by atoms with Crippen molar-refractivity contribution in [3.8, 4) is 11.8 Å². The Morgan fingerprint density at radius 2 is 1.71 bits per heavy atom. The third kappa shape index (κ3) is 3.12. The second kappa shape index (κ2) is 6.25. The zero-order chi connectivity index (χ0) is 15.3. The van der Waals surface area contributed by atoms with Crippen LogP contribution in [0.1, 0.15) is 5.56 Å². The van der Waals surface area contributed by atoms with Gasteiger partial charge in [0, 0.05) is 5.56 Å². The molecule has 2 aromatic rings. The molecule has 0 aliphatic rings. The average molecular weight is 299 g/mol. The number of rotatable bonds is 4. The van der Waals surface area contributed by atoms with Gasteiger partial charge < -0.3 is 4.74 Å². The molecule has 106 valence electrons. The number of benzene rings is 2. The Hall–Kier alpha value is -2.58. The second-order valence-electron chi connectivity index (χ2n) is 4.18. The topological polar surface area (TPSA) is 67.2 Å². The molecular formula is C16H13NO3S. The molecule has 0 spiro atoms. The molecule has 0 saturated heterocycles. The zero-order valence-corrected chi connectivity index (χ0v) is 12.2. The molecule has 0 aliphatic heterocycles. The lowest BCUT2D eigenvalue weighted by molar-refractivity contribution is 0.414. The number of hydrogen-bond acceptors (Lipinski definition) is 4. The lowest BCUT2D eigenvalue weighted by atomic mass is 10.2. The number of ether oxygens (including phenoxy) is 1. The predicted octanol–water partition coefficient (Wildman–Crippen LogP) is 3.03. The van der Waals surface area contributed by atoms with Gasteiger partial charge in [0.05, 0.1) is 12.0 Å². The van der Waals surface area contributed by atoms with Crippen molar-refractivity contribution in [3.05, 3.63) is 65.1 Å². The molecule has 0 fully saturated rings. The minimum atomic E-state index is -3.83. The van der Waals surface area contributed by atoms with E-state index in [1.165, 1.54) is 25.3 Å².